The molecule has 0 fully saturated rings. The number of rotatable bonds is 5. The first kappa shape index (κ1) is 12.3. The van der Waals surface area contributed by atoms with E-state index in [1.807, 2.05) is 0 Å². The molecule has 96 valence electrons. The van der Waals surface area contributed by atoms with Crippen LogP contribution in [0.25, 0.3) is 0 Å². The highest BCUT2D eigenvalue weighted by Gasteiger charge is 2.16. The highest BCUT2D eigenvalue weighted by molar-refractivity contribution is 5.77. The second kappa shape index (κ2) is 5.94. The number of carbonyl (C=O) groups is 1. The molecule has 0 aliphatic heterocycles. The molecule has 0 bridgehead atoms. The fourth-order valence-corrected chi connectivity index (χ4v) is 1.57. The molecule has 0 saturated heterocycles. The number of carbonyl (C=O) groups excluding carboxylic acids is 1. The molecule has 9 heteroatoms. The van der Waals surface area contributed by atoms with Crippen molar-refractivity contribution >= 4 is 6.03 Å². The maximum atomic E-state index is 11.9. The Morgan fingerprint density at radius 2 is 2.11 bits per heavy atom. The smallest absolute Gasteiger partial charge is 0.243 e. The van der Waals surface area contributed by atoms with Gasteiger partial charge in [-0.15, -0.1) is 19.6 Å². The van der Waals surface area contributed by atoms with Gasteiger partial charge in [0.05, 0.1) is 0 Å². The Hall–Kier alpha value is -2.19. The molecule has 0 N–H and O–H groups in total. The number of hydrogen-bond donors (Lipinski definition) is 0. The lowest BCUT2D eigenvalue weighted by molar-refractivity contribution is 0.236. The van der Waals surface area contributed by atoms with E-state index in [0.717, 1.165) is 28.6 Å². The van der Waals surface area contributed by atoms with Crippen LogP contribution in [0, 0.1) is 0 Å². The maximum Gasteiger partial charge on any atom is 0.375 e. The lowest BCUT2D eigenvalue weighted by Gasteiger charge is -2.01. The quantitative estimate of drug-likeness (QED) is 0.555. The summed E-state index contributed by atoms with van der Waals surface area (Å²) in [4.78, 5) is 11.9. The molecule has 0 aliphatic rings. The number of nitrogens with zero attached hydrogens (tertiary/aromatic N) is 8. The van der Waals surface area contributed by atoms with Crippen LogP contribution in [0.15, 0.2) is 6.33 Å². The number of unbranched alkanes of at least 4 members (excludes halogenated alkanes) is 3. The number of tetrazole rings is 2. The van der Waals surface area contributed by atoms with Crippen molar-refractivity contribution in [3.63, 3.8) is 0 Å². The third-order valence-electron chi connectivity index (χ3n) is 2.51. The van der Waals surface area contributed by atoms with Crippen molar-refractivity contribution in [2.45, 2.75) is 39.0 Å². The summed E-state index contributed by atoms with van der Waals surface area (Å²) in [5, 5.41) is 21.3. The molecule has 0 unspecified atom stereocenters. The fourth-order valence-electron chi connectivity index (χ4n) is 1.57. The number of aromatic nitrogens is 8. The van der Waals surface area contributed by atoms with E-state index in [1.54, 1.807) is 0 Å². The van der Waals surface area contributed by atoms with Crippen LogP contribution in [0.1, 0.15) is 38.4 Å². The molecule has 2 heterocycles. The lowest BCUT2D eigenvalue weighted by Crippen LogP contribution is -2.23. The Balaban J connectivity index is 2.01. The second-order valence-electron chi connectivity index (χ2n) is 3.85. The van der Waals surface area contributed by atoms with Crippen molar-refractivity contribution < 1.29 is 4.79 Å². The highest BCUT2D eigenvalue weighted by Crippen LogP contribution is 2.05. The molecule has 2 rings (SSSR count). The summed E-state index contributed by atoms with van der Waals surface area (Å²) in [5.41, 5.74) is 0. The van der Waals surface area contributed by atoms with E-state index in [9.17, 15) is 4.79 Å². The molecular formula is C9H14N8O. The van der Waals surface area contributed by atoms with E-state index in [1.165, 1.54) is 12.7 Å². The molecule has 0 aliphatic carbocycles. The lowest BCUT2D eigenvalue weighted by atomic mass is 10.1. The van der Waals surface area contributed by atoms with Crippen LogP contribution in [0.5, 0.6) is 0 Å². The molecule has 18 heavy (non-hydrogen) atoms. The van der Waals surface area contributed by atoms with Gasteiger partial charge in [-0.2, -0.15) is 0 Å². The number of hydrogen-bond acceptors (Lipinski definition) is 7. The summed E-state index contributed by atoms with van der Waals surface area (Å²) in [7, 11) is 0. The molecule has 0 radical (unpaired) electrons. The van der Waals surface area contributed by atoms with Crippen LogP contribution in [-0.4, -0.2) is 46.4 Å². The van der Waals surface area contributed by atoms with Crippen LogP contribution in [0.4, 0.5) is 4.79 Å². The third-order valence-corrected chi connectivity index (χ3v) is 2.51. The Kier molecular flexibility index (Phi) is 4.05. The minimum absolute atomic E-state index is 0.476. The number of aryl methyl sites for hydroxylation is 1. The molecule has 0 atom stereocenters. The summed E-state index contributed by atoms with van der Waals surface area (Å²) in [5.74, 6) is 0.534. The average Bonchev–Trinajstić information content (AvgIpc) is 3.04. The molecule has 2 aromatic rings. The molecular weight excluding hydrogens is 236 g/mol. The van der Waals surface area contributed by atoms with E-state index in [2.05, 4.69) is 38.0 Å². The van der Waals surface area contributed by atoms with E-state index in [4.69, 9.17) is 0 Å². The monoisotopic (exact) mass is 250 g/mol. The molecule has 2 aromatic heterocycles. The van der Waals surface area contributed by atoms with Gasteiger partial charge in [-0.1, -0.05) is 26.2 Å². The average molecular weight is 250 g/mol. The topological polar surface area (TPSA) is 104 Å². The van der Waals surface area contributed by atoms with Crippen LogP contribution in [0.3, 0.4) is 0 Å². The first-order chi connectivity index (χ1) is 8.83. The van der Waals surface area contributed by atoms with E-state index < -0.39 is 6.03 Å². The van der Waals surface area contributed by atoms with Gasteiger partial charge < -0.3 is 0 Å². The van der Waals surface area contributed by atoms with Crippen molar-refractivity contribution in [1.82, 2.24) is 40.4 Å². The summed E-state index contributed by atoms with van der Waals surface area (Å²) < 4.78 is 2.12. The Morgan fingerprint density at radius 1 is 1.22 bits per heavy atom. The van der Waals surface area contributed by atoms with E-state index in [0.29, 0.717) is 12.2 Å². The van der Waals surface area contributed by atoms with Crippen molar-refractivity contribution in [3.05, 3.63) is 12.2 Å². The summed E-state index contributed by atoms with van der Waals surface area (Å²) in [6, 6.07) is -0.476. The van der Waals surface area contributed by atoms with Gasteiger partial charge in [-0.25, -0.2) is 4.79 Å². The van der Waals surface area contributed by atoms with E-state index >= 15 is 0 Å². The first-order valence-corrected chi connectivity index (χ1v) is 5.88. The van der Waals surface area contributed by atoms with Crippen LogP contribution < -0.4 is 0 Å². The second-order valence-corrected chi connectivity index (χ2v) is 3.85. The first-order valence-electron chi connectivity index (χ1n) is 5.88. The largest absolute Gasteiger partial charge is 0.375 e. The van der Waals surface area contributed by atoms with Crippen molar-refractivity contribution in [3.8, 4) is 0 Å². The SMILES string of the molecule is CCCCCCc1nnnn1C(=O)n1cnnn1. The Bertz CT molecular complexity index is 490. The highest BCUT2D eigenvalue weighted by atomic mass is 16.2. The Morgan fingerprint density at radius 3 is 2.83 bits per heavy atom. The zero-order valence-corrected chi connectivity index (χ0v) is 10.1. The zero-order chi connectivity index (χ0) is 12.8. The molecule has 0 aromatic carbocycles. The summed E-state index contributed by atoms with van der Waals surface area (Å²) in [6.07, 6.45) is 6.27. The standard InChI is InChI=1S/C9H14N8O/c1-2-3-4-5-6-8-11-13-15-17(8)9(18)16-7-10-12-14-16/h7H,2-6H2,1H3. The third kappa shape index (κ3) is 2.73. The normalized spacial score (nSPS) is 10.7. The summed E-state index contributed by atoms with van der Waals surface area (Å²) >= 11 is 0. The van der Waals surface area contributed by atoms with Gasteiger partial charge in [0.1, 0.15) is 6.33 Å². The predicted molar refractivity (Wildman–Crippen MR) is 59.7 cm³/mol. The van der Waals surface area contributed by atoms with Gasteiger partial charge in [0.15, 0.2) is 5.82 Å². The van der Waals surface area contributed by atoms with Crippen LogP contribution >= 0.6 is 0 Å². The zero-order valence-electron chi connectivity index (χ0n) is 10.1. The molecule has 0 amide bonds. The predicted octanol–water partition coefficient (Wildman–Crippen LogP) is 0.299. The van der Waals surface area contributed by atoms with Gasteiger partial charge in [0.25, 0.3) is 0 Å². The van der Waals surface area contributed by atoms with Gasteiger partial charge >= 0.3 is 6.03 Å². The summed E-state index contributed by atoms with van der Waals surface area (Å²) in [6.45, 7) is 2.14. The maximum absolute atomic E-state index is 11.9. The van der Waals surface area contributed by atoms with Crippen molar-refractivity contribution in [2.75, 3.05) is 0 Å². The van der Waals surface area contributed by atoms with Gasteiger partial charge in [-0.05, 0) is 27.3 Å². The fraction of sp³-hybridized carbons (Fsp3) is 0.667. The Labute approximate surface area is 103 Å². The van der Waals surface area contributed by atoms with Crippen molar-refractivity contribution in [2.24, 2.45) is 0 Å². The molecule has 0 spiro atoms. The van der Waals surface area contributed by atoms with E-state index in [-0.39, 0.29) is 0 Å². The van der Waals surface area contributed by atoms with Crippen LogP contribution in [-0.2, 0) is 6.42 Å². The van der Waals surface area contributed by atoms with Gasteiger partial charge in [0.2, 0.25) is 0 Å². The molecule has 0 saturated carbocycles. The van der Waals surface area contributed by atoms with Gasteiger partial charge in [-0.3, -0.25) is 0 Å². The van der Waals surface area contributed by atoms with Crippen LogP contribution in [0.2, 0.25) is 0 Å². The molecule has 9 nitrogen and oxygen atoms in total. The minimum Gasteiger partial charge on any atom is -0.243 e. The van der Waals surface area contributed by atoms with Crippen molar-refractivity contribution in [1.29, 1.82) is 0 Å². The van der Waals surface area contributed by atoms with Gasteiger partial charge in [0, 0.05) is 6.42 Å². The minimum atomic E-state index is -0.476.